The lowest BCUT2D eigenvalue weighted by molar-refractivity contribution is -0.116. The average Bonchev–Trinajstić information content (AvgIpc) is 3.40. The predicted octanol–water partition coefficient (Wildman–Crippen LogP) is 3.27. The normalized spacial score (nSPS) is 14.1. The highest BCUT2D eigenvalue weighted by atomic mass is 32.2. The number of aromatic nitrogens is 1. The molecule has 1 aromatic heterocycles. The maximum atomic E-state index is 14.8. The van der Waals surface area contributed by atoms with Gasteiger partial charge in [0, 0.05) is 48.4 Å². The summed E-state index contributed by atoms with van der Waals surface area (Å²) >= 11 is 0. The van der Waals surface area contributed by atoms with E-state index in [-0.39, 0.29) is 28.3 Å². The summed E-state index contributed by atoms with van der Waals surface area (Å²) in [5, 5.41) is 5.48. The monoisotopic (exact) mass is 583 g/mol. The first-order chi connectivity index (χ1) is 19.6. The minimum absolute atomic E-state index is 0.0460. The molecule has 1 aliphatic heterocycles. The van der Waals surface area contributed by atoms with Gasteiger partial charge in [-0.15, -0.1) is 0 Å². The van der Waals surface area contributed by atoms with Crippen LogP contribution in [0.15, 0.2) is 47.3 Å². The molecule has 2 heterocycles. The number of carbonyl (C=O) groups excluding carboxylic acids is 3. The number of carbonyl (C=O) groups is 3. The number of pyridine rings is 1. The smallest absolute Gasteiger partial charge is 0.256 e. The van der Waals surface area contributed by atoms with Crippen molar-refractivity contribution in [3.8, 4) is 0 Å². The quantitative estimate of drug-likeness (QED) is 0.393. The molecule has 3 amide bonds. The molecule has 1 saturated heterocycles. The van der Waals surface area contributed by atoms with Gasteiger partial charge in [0.25, 0.3) is 11.5 Å². The summed E-state index contributed by atoms with van der Waals surface area (Å²) in [4.78, 5) is 51.1. The molecule has 0 bridgehead atoms. The minimum Gasteiger partial charge on any atom is -0.355 e. The van der Waals surface area contributed by atoms with E-state index in [1.165, 1.54) is 34.5 Å². The van der Waals surface area contributed by atoms with Crippen molar-refractivity contribution in [2.75, 3.05) is 35.4 Å². The number of nitrogens with zero attached hydrogens (tertiary/aromatic N) is 3. The van der Waals surface area contributed by atoms with Gasteiger partial charge in [-0.3, -0.25) is 32.9 Å². The summed E-state index contributed by atoms with van der Waals surface area (Å²) in [6.45, 7) is 6.01. The maximum absolute atomic E-state index is 14.8. The molecule has 1 unspecified atom stereocenters. The van der Waals surface area contributed by atoms with E-state index in [4.69, 9.17) is 0 Å². The van der Waals surface area contributed by atoms with Gasteiger partial charge < -0.3 is 15.5 Å². The largest absolute Gasteiger partial charge is 0.355 e. The van der Waals surface area contributed by atoms with Crippen LogP contribution in [0.1, 0.15) is 34.0 Å². The summed E-state index contributed by atoms with van der Waals surface area (Å²) < 4.78 is 26.5. The van der Waals surface area contributed by atoms with Gasteiger partial charge >= 0.3 is 0 Å². The zero-order chi connectivity index (χ0) is 30.3. The van der Waals surface area contributed by atoms with E-state index in [1.807, 2.05) is 19.9 Å². The molecule has 4 rings (SSSR count). The molecule has 0 aliphatic carbocycles. The molecule has 1 aliphatic rings. The molecule has 3 aromatic rings. The summed E-state index contributed by atoms with van der Waals surface area (Å²) in [6, 6.07) is 11.9. The van der Waals surface area contributed by atoms with Gasteiger partial charge in [-0.2, -0.15) is 0 Å². The van der Waals surface area contributed by atoms with E-state index in [2.05, 4.69) is 10.6 Å². The first kappa shape index (κ1) is 31.2. The van der Waals surface area contributed by atoms with Gasteiger partial charge in [-0.25, -0.2) is 4.39 Å². The number of benzene rings is 2. The van der Waals surface area contributed by atoms with Crippen molar-refractivity contribution >= 4 is 52.4 Å². The number of amides is 3. The molecule has 2 N–H and O–H groups in total. The molecule has 0 saturated carbocycles. The van der Waals surface area contributed by atoms with Crippen LogP contribution < -0.4 is 21.1 Å². The summed E-state index contributed by atoms with van der Waals surface area (Å²) in [6.07, 6.45) is 1.97. The Labute approximate surface area is 240 Å². The number of hydrogen-bond acceptors (Lipinski definition) is 6. The van der Waals surface area contributed by atoms with Crippen LogP contribution in [0.25, 0.3) is 0 Å². The Bertz CT molecular complexity index is 1540. The first-order valence-corrected chi connectivity index (χ1v) is 14.4. The lowest BCUT2D eigenvalue weighted by atomic mass is 10.1. The maximum Gasteiger partial charge on any atom is 0.256 e. The third-order valence-corrected chi connectivity index (χ3v) is 7.89. The highest BCUT2D eigenvalue weighted by molar-refractivity contribution is 7.85. The fourth-order valence-corrected chi connectivity index (χ4v) is 5.48. The van der Waals surface area contributed by atoms with E-state index < -0.39 is 28.1 Å². The van der Waals surface area contributed by atoms with E-state index in [9.17, 15) is 27.8 Å². The van der Waals surface area contributed by atoms with Crippen LogP contribution in [-0.2, 0) is 33.9 Å². The van der Waals surface area contributed by atoms with Crippen LogP contribution in [0.3, 0.4) is 0 Å². The van der Waals surface area contributed by atoms with Crippen LogP contribution in [-0.4, -0.2) is 57.6 Å². The zero-order valence-electron chi connectivity index (χ0n) is 23.7. The molecule has 10 nitrogen and oxygen atoms in total. The second kappa shape index (κ2) is 13.8. The lowest BCUT2D eigenvalue weighted by Crippen LogP contribution is -2.33. The third-order valence-electron chi connectivity index (χ3n) is 6.63. The first-order valence-electron chi connectivity index (χ1n) is 12.9. The van der Waals surface area contributed by atoms with Gasteiger partial charge in [0.05, 0.1) is 17.3 Å². The Morgan fingerprint density at radius 2 is 1.90 bits per heavy atom. The van der Waals surface area contributed by atoms with Crippen LogP contribution in [0.5, 0.6) is 0 Å². The molecular weight excluding hydrogens is 549 g/mol. The van der Waals surface area contributed by atoms with Gasteiger partial charge in [-0.1, -0.05) is 25.1 Å². The van der Waals surface area contributed by atoms with E-state index >= 15 is 0 Å². The van der Waals surface area contributed by atoms with Crippen molar-refractivity contribution in [1.82, 2.24) is 14.8 Å². The summed E-state index contributed by atoms with van der Waals surface area (Å²) in [5.74, 6) is 0.110. The molecule has 12 heteroatoms. The van der Waals surface area contributed by atoms with Crippen molar-refractivity contribution in [3.05, 3.63) is 80.9 Å². The number of anilines is 4. The molecular formula is C29H34FN5O5S. The number of hydrogen-bond donors (Lipinski definition) is 2. The second-order valence-corrected chi connectivity index (χ2v) is 11.0. The third kappa shape index (κ3) is 7.07. The molecule has 0 radical (unpaired) electrons. The topological polar surface area (TPSA) is 121 Å². The SMILES string of the molecule is CCc1ccc(Nc2c(C(=O)NC)c(N(C=O)c3cccc(C)c3)c(C)c(=O)n2C)c(F)c1.O=CN1CCS(=O)C1. The standard InChI is InChI=1S/C25H27FN4O3.C4H7NO2S/c1-6-17-10-11-20(19(26)13-17)28-23-21(24(32)27-4)22(16(3)25(33)29(23)5)30(14-31)18-9-7-8-15(2)12-18;6-3-5-1-2-8(7)4-5/h7-14,28H,6H2,1-5H3,(H,27,32);3H,1-2,4H2. The van der Waals surface area contributed by atoms with Gasteiger partial charge in [0.15, 0.2) is 0 Å². The van der Waals surface area contributed by atoms with Gasteiger partial charge in [-0.05, 0) is 55.7 Å². The van der Waals surface area contributed by atoms with Crippen molar-refractivity contribution in [1.29, 1.82) is 0 Å². The molecule has 41 heavy (non-hydrogen) atoms. The van der Waals surface area contributed by atoms with Crippen LogP contribution in [0, 0.1) is 19.7 Å². The van der Waals surface area contributed by atoms with Crippen LogP contribution in [0.4, 0.5) is 27.3 Å². The number of rotatable bonds is 8. The fourth-order valence-electron chi connectivity index (χ4n) is 4.35. The molecule has 1 fully saturated rings. The Hall–Kier alpha value is -4.32. The van der Waals surface area contributed by atoms with Gasteiger partial charge in [0.2, 0.25) is 12.8 Å². The van der Waals surface area contributed by atoms with Crippen molar-refractivity contribution in [2.45, 2.75) is 27.2 Å². The molecule has 0 spiro atoms. The molecule has 218 valence electrons. The fraction of sp³-hybridized carbons (Fsp3) is 0.310. The Morgan fingerprint density at radius 3 is 2.41 bits per heavy atom. The zero-order valence-corrected chi connectivity index (χ0v) is 24.5. The highest BCUT2D eigenvalue weighted by Crippen LogP contribution is 2.35. The summed E-state index contributed by atoms with van der Waals surface area (Å²) in [5.41, 5.74) is 2.28. The number of halogens is 1. The Balaban J connectivity index is 0.000000496. The van der Waals surface area contributed by atoms with Crippen molar-refractivity contribution in [3.63, 3.8) is 0 Å². The predicted molar refractivity (Wildman–Crippen MR) is 159 cm³/mol. The lowest BCUT2D eigenvalue weighted by Gasteiger charge is -2.26. The number of aryl methyl sites for hydroxylation is 2. The summed E-state index contributed by atoms with van der Waals surface area (Å²) in [7, 11) is 2.18. The Kier molecular flexibility index (Phi) is 10.5. The van der Waals surface area contributed by atoms with E-state index in [0.717, 1.165) is 17.5 Å². The number of nitrogens with one attached hydrogen (secondary N) is 2. The van der Waals surface area contributed by atoms with Crippen molar-refractivity contribution in [2.24, 2.45) is 7.05 Å². The molecule has 2 aromatic carbocycles. The van der Waals surface area contributed by atoms with Crippen LogP contribution in [0.2, 0.25) is 0 Å². The average molecular weight is 584 g/mol. The van der Waals surface area contributed by atoms with Crippen LogP contribution >= 0.6 is 0 Å². The van der Waals surface area contributed by atoms with E-state index in [0.29, 0.717) is 36.7 Å². The highest BCUT2D eigenvalue weighted by Gasteiger charge is 2.28. The minimum atomic E-state index is -0.758. The Morgan fingerprint density at radius 1 is 1.17 bits per heavy atom. The van der Waals surface area contributed by atoms with E-state index in [1.54, 1.807) is 37.3 Å². The second-order valence-electron chi connectivity index (χ2n) is 9.44. The molecule has 1 atom stereocenters. The van der Waals surface area contributed by atoms with Gasteiger partial charge in [0.1, 0.15) is 17.2 Å². The van der Waals surface area contributed by atoms with Crippen molar-refractivity contribution < 1.29 is 23.0 Å².